The highest BCUT2D eigenvalue weighted by molar-refractivity contribution is 5.70. The Morgan fingerprint density at radius 3 is 2.44 bits per heavy atom. The van der Waals surface area contributed by atoms with Crippen LogP contribution in [0.2, 0.25) is 0 Å². The van der Waals surface area contributed by atoms with E-state index in [1.165, 1.54) is 6.42 Å². The highest BCUT2D eigenvalue weighted by Crippen LogP contribution is 2.30. The molecule has 16 heavy (non-hydrogen) atoms. The zero-order chi connectivity index (χ0) is 12.0. The van der Waals surface area contributed by atoms with E-state index in [2.05, 4.69) is 13.8 Å². The molecule has 0 saturated heterocycles. The van der Waals surface area contributed by atoms with Crippen molar-refractivity contribution in [2.75, 3.05) is 19.8 Å². The second kappa shape index (κ2) is 6.86. The van der Waals surface area contributed by atoms with Gasteiger partial charge in [-0.25, -0.2) is 4.79 Å². The number of ether oxygens (including phenoxy) is 2. The van der Waals surface area contributed by atoms with Gasteiger partial charge in [0.15, 0.2) is 0 Å². The maximum absolute atomic E-state index is 11.4. The van der Waals surface area contributed by atoms with Crippen LogP contribution in [0.3, 0.4) is 0 Å². The highest BCUT2D eigenvalue weighted by Gasteiger charge is 2.26. The molecule has 1 rings (SSSR count). The van der Waals surface area contributed by atoms with Crippen molar-refractivity contribution in [1.82, 2.24) is 0 Å². The van der Waals surface area contributed by atoms with Gasteiger partial charge in [-0.05, 0) is 31.1 Å². The maximum Gasteiger partial charge on any atom is 0.332 e. The molecule has 1 aliphatic carbocycles. The fourth-order valence-electron chi connectivity index (χ4n) is 2.43. The minimum absolute atomic E-state index is 0.0243. The van der Waals surface area contributed by atoms with Crippen LogP contribution in [0.25, 0.3) is 0 Å². The normalized spacial score (nSPS) is 30.1. The number of nitrogens with two attached hydrogens (primary N) is 1. The summed E-state index contributed by atoms with van der Waals surface area (Å²) in [5.74, 6) is 1.03. The van der Waals surface area contributed by atoms with Gasteiger partial charge in [0.2, 0.25) is 0 Å². The van der Waals surface area contributed by atoms with Crippen molar-refractivity contribution in [3.63, 3.8) is 0 Å². The van der Waals surface area contributed by atoms with Gasteiger partial charge >= 0.3 is 5.97 Å². The Morgan fingerprint density at radius 1 is 1.25 bits per heavy atom. The van der Waals surface area contributed by atoms with Gasteiger partial charge in [-0.15, -0.1) is 0 Å². The average molecular weight is 229 g/mol. The van der Waals surface area contributed by atoms with Crippen molar-refractivity contribution in [1.29, 1.82) is 0 Å². The molecule has 0 aromatic rings. The largest absolute Gasteiger partial charge is 0.461 e. The van der Waals surface area contributed by atoms with Gasteiger partial charge in [0.05, 0.1) is 6.61 Å². The predicted octanol–water partition coefficient (Wildman–Crippen LogP) is 1.33. The van der Waals surface area contributed by atoms with Gasteiger partial charge in [0.1, 0.15) is 12.7 Å². The number of rotatable bonds is 5. The van der Waals surface area contributed by atoms with Crippen molar-refractivity contribution >= 4 is 5.97 Å². The van der Waals surface area contributed by atoms with E-state index in [0.29, 0.717) is 25.0 Å². The summed E-state index contributed by atoms with van der Waals surface area (Å²) in [6, 6.07) is 0. The molecule has 4 nitrogen and oxygen atoms in total. The summed E-state index contributed by atoms with van der Waals surface area (Å²) in [4.78, 5) is 11.4. The molecule has 1 aliphatic rings. The molecule has 2 atom stereocenters. The van der Waals surface area contributed by atoms with E-state index in [1.54, 1.807) is 0 Å². The fraction of sp³-hybridized carbons (Fsp3) is 0.917. The van der Waals surface area contributed by atoms with E-state index in [1.807, 2.05) is 0 Å². The number of hydrogen-bond acceptors (Lipinski definition) is 4. The monoisotopic (exact) mass is 229 g/mol. The summed E-state index contributed by atoms with van der Waals surface area (Å²) in [5, 5.41) is 0. The van der Waals surface area contributed by atoms with Crippen molar-refractivity contribution in [2.45, 2.75) is 39.2 Å². The second-order valence-corrected chi connectivity index (χ2v) is 4.87. The molecule has 0 spiro atoms. The van der Waals surface area contributed by atoms with Crippen LogP contribution >= 0.6 is 0 Å². The summed E-state index contributed by atoms with van der Waals surface area (Å²) in [7, 11) is 0. The smallest absolute Gasteiger partial charge is 0.332 e. The molecular formula is C12H23NO3. The maximum atomic E-state index is 11.4. The first-order valence-electron chi connectivity index (χ1n) is 6.09. The van der Waals surface area contributed by atoms with E-state index in [0.717, 1.165) is 12.8 Å². The molecular weight excluding hydrogens is 206 g/mol. The van der Waals surface area contributed by atoms with Crippen molar-refractivity contribution in [3.8, 4) is 0 Å². The minimum Gasteiger partial charge on any atom is -0.461 e. The third kappa shape index (κ3) is 4.94. The quantitative estimate of drug-likeness (QED) is 0.570. The zero-order valence-electron chi connectivity index (χ0n) is 10.3. The van der Waals surface area contributed by atoms with Crippen LogP contribution in [0.4, 0.5) is 0 Å². The van der Waals surface area contributed by atoms with Gasteiger partial charge in [0, 0.05) is 6.54 Å². The second-order valence-electron chi connectivity index (χ2n) is 4.87. The van der Waals surface area contributed by atoms with E-state index < -0.39 is 0 Å². The summed E-state index contributed by atoms with van der Waals surface area (Å²) in [5.41, 5.74) is 5.26. The van der Waals surface area contributed by atoms with Gasteiger partial charge in [0.25, 0.3) is 0 Å². The molecule has 2 unspecified atom stereocenters. The van der Waals surface area contributed by atoms with Crippen LogP contribution in [0.15, 0.2) is 0 Å². The molecule has 0 aliphatic heterocycles. The molecule has 0 aromatic carbocycles. The lowest BCUT2D eigenvalue weighted by atomic mass is 9.82. The van der Waals surface area contributed by atoms with Gasteiger partial charge in [-0.2, -0.15) is 0 Å². The number of hydrogen-bond donors (Lipinski definition) is 1. The predicted molar refractivity (Wildman–Crippen MR) is 61.9 cm³/mol. The number of carbonyl (C=O) groups excluding carboxylic acids is 1. The summed E-state index contributed by atoms with van der Waals surface area (Å²) >= 11 is 0. The standard InChI is InChI=1S/C12H23NO3/c1-9-5-10(2)7-11(6-9)16-12(14)8-15-4-3-13/h9-11H,3-8,13H2,1-2H3. The van der Waals surface area contributed by atoms with E-state index in [4.69, 9.17) is 15.2 Å². The lowest BCUT2D eigenvalue weighted by molar-refractivity contribution is -0.157. The number of carbonyl (C=O) groups is 1. The van der Waals surface area contributed by atoms with E-state index in [9.17, 15) is 4.79 Å². The Hall–Kier alpha value is -0.610. The van der Waals surface area contributed by atoms with Gasteiger partial charge in [-0.3, -0.25) is 0 Å². The third-order valence-corrected chi connectivity index (χ3v) is 2.92. The molecule has 0 aromatic heterocycles. The lowest BCUT2D eigenvalue weighted by Gasteiger charge is -2.30. The summed E-state index contributed by atoms with van der Waals surface area (Å²) in [6.45, 7) is 5.29. The van der Waals surface area contributed by atoms with Gasteiger partial charge < -0.3 is 15.2 Å². The molecule has 0 amide bonds. The Labute approximate surface area is 97.5 Å². The summed E-state index contributed by atoms with van der Waals surface area (Å²) < 4.78 is 10.4. The van der Waals surface area contributed by atoms with Crippen LogP contribution in [0.1, 0.15) is 33.1 Å². The topological polar surface area (TPSA) is 61.5 Å². The average Bonchev–Trinajstić information content (AvgIpc) is 2.16. The molecule has 0 heterocycles. The Balaban J connectivity index is 2.22. The van der Waals surface area contributed by atoms with Crippen molar-refractivity contribution in [2.24, 2.45) is 17.6 Å². The summed E-state index contributed by atoms with van der Waals surface area (Å²) in [6.07, 6.45) is 3.27. The van der Waals surface area contributed by atoms with Crippen LogP contribution < -0.4 is 5.73 Å². The molecule has 4 heteroatoms. The fourth-order valence-corrected chi connectivity index (χ4v) is 2.43. The lowest BCUT2D eigenvalue weighted by Crippen LogP contribution is -2.30. The highest BCUT2D eigenvalue weighted by atomic mass is 16.6. The first-order chi connectivity index (χ1) is 7.61. The third-order valence-electron chi connectivity index (χ3n) is 2.92. The molecule has 0 radical (unpaired) electrons. The van der Waals surface area contributed by atoms with Crippen LogP contribution in [-0.2, 0) is 14.3 Å². The minimum atomic E-state index is -0.264. The molecule has 94 valence electrons. The van der Waals surface area contributed by atoms with Crippen LogP contribution in [0, 0.1) is 11.8 Å². The Morgan fingerprint density at radius 2 is 1.88 bits per heavy atom. The van der Waals surface area contributed by atoms with Crippen LogP contribution in [0.5, 0.6) is 0 Å². The Kier molecular flexibility index (Phi) is 5.77. The first-order valence-corrected chi connectivity index (χ1v) is 6.09. The zero-order valence-corrected chi connectivity index (χ0v) is 10.3. The Bertz CT molecular complexity index is 210. The molecule has 2 N–H and O–H groups in total. The van der Waals surface area contributed by atoms with Crippen molar-refractivity contribution in [3.05, 3.63) is 0 Å². The first kappa shape index (κ1) is 13.5. The van der Waals surface area contributed by atoms with Crippen molar-refractivity contribution < 1.29 is 14.3 Å². The SMILES string of the molecule is CC1CC(C)CC(OC(=O)COCCN)C1. The molecule has 0 bridgehead atoms. The molecule has 1 saturated carbocycles. The number of esters is 1. The molecule has 1 fully saturated rings. The van der Waals surface area contributed by atoms with E-state index >= 15 is 0 Å². The van der Waals surface area contributed by atoms with Gasteiger partial charge in [-0.1, -0.05) is 13.8 Å². The van der Waals surface area contributed by atoms with E-state index in [-0.39, 0.29) is 18.7 Å². The van der Waals surface area contributed by atoms with Crippen LogP contribution in [-0.4, -0.2) is 31.8 Å².